The van der Waals surface area contributed by atoms with Crippen molar-refractivity contribution in [3.8, 4) is 6.07 Å². The SMILES string of the molecule is Cc1occc1CN(C)c1ccc(CN)cc1C#N. The first kappa shape index (κ1) is 13.2. The number of benzene rings is 1. The third-order valence-corrected chi connectivity index (χ3v) is 3.20. The number of hydrogen-bond donors (Lipinski definition) is 1. The van der Waals surface area contributed by atoms with Crippen molar-refractivity contribution < 1.29 is 4.42 Å². The summed E-state index contributed by atoms with van der Waals surface area (Å²) in [5.74, 6) is 0.906. The lowest BCUT2D eigenvalue weighted by Gasteiger charge is -2.20. The molecule has 0 atom stereocenters. The van der Waals surface area contributed by atoms with Gasteiger partial charge in [-0.3, -0.25) is 0 Å². The third kappa shape index (κ3) is 2.78. The van der Waals surface area contributed by atoms with Crippen LogP contribution >= 0.6 is 0 Å². The number of furan rings is 1. The lowest BCUT2D eigenvalue weighted by molar-refractivity contribution is 0.529. The van der Waals surface area contributed by atoms with Gasteiger partial charge in [0.25, 0.3) is 0 Å². The minimum Gasteiger partial charge on any atom is -0.469 e. The van der Waals surface area contributed by atoms with Gasteiger partial charge in [0, 0.05) is 25.7 Å². The van der Waals surface area contributed by atoms with Crippen LogP contribution in [0.2, 0.25) is 0 Å². The third-order valence-electron chi connectivity index (χ3n) is 3.20. The van der Waals surface area contributed by atoms with Crippen LogP contribution in [-0.4, -0.2) is 7.05 Å². The largest absolute Gasteiger partial charge is 0.469 e. The van der Waals surface area contributed by atoms with E-state index in [0.29, 0.717) is 18.7 Å². The predicted octanol–water partition coefficient (Wildman–Crippen LogP) is 2.55. The Labute approximate surface area is 113 Å². The molecular formula is C15H17N3O. The number of anilines is 1. The highest BCUT2D eigenvalue weighted by atomic mass is 16.3. The summed E-state index contributed by atoms with van der Waals surface area (Å²) in [4.78, 5) is 2.04. The fourth-order valence-corrected chi connectivity index (χ4v) is 2.05. The predicted molar refractivity (Wildman–Crippen MR) is 74.6 cm³/mol. The van der Waals surface area contributed by atoms with E-state index in [0.717, 1.165) is 22.6 Å². The van der Waals surface area contributed by atoms with E-state index in [-0.39, 0.29) is 0 Å². The van der Waals surface area contributed by atoms with Crippen LogP contribution in [0.15, 0.2) is 34.9 Å². The van der Waals surface area contributed by atoms with E-state index in [9.17, 15) is 5.26 Å². The summed E-state index contributed by atoms with van der Waals surface area (Å²) >= 11 is 0. The second-order valence-corrected chi connectivity index (χ2v) is 4.53. The second kappa shape index (κ2) is 5.59. The van der Waals surface area contributed by atoms with Gasteiger partial charge < -0.3 is 15.1 Å². The van der Waals surface area contributed by atoms with Crippen molar-refractivity contribution in [3.63, 3.8) is 0 Å². The highest BCUT2D eigenvalue weighted by Crippen LogP contribution is 2.23. The van der Waals surface area contributed by atoms with Gasteiger partial charge in [-0.2, -0.15) is 5.26 Å². The smallest absolute Gasteiger partial charge is 0.105 e. The first-order chi connectivity index (χ1) is 9.15. The standard InChI is InChI=1S/C15H17N3O/c1-11-13(5-6-19-11)10-18(2)15-4-3-12(8-16)7-14(15)9-17/h3-7H,8,10,16H2,1-2H3. The molecule has 0 bridgehead atoms. The van der Waals surface area contributed by atoms with Crippen LogP contribution < -0.4 is 10.6 Å². The van der Waals surface area contributed by atoms with Gasteiger partial charge in [0.2, 0.25) is 0 Å². The average Bonchev–Trinajstić information content (AvgIpc) is 2.83. The van der Waals surface area contributed by atoms with E-state index in [1.165, 1.54) is 0 Å². The molecule has 0 saturated heterocycles. The molecule has 0 fully saturated rings. The highest BCUT2D eigenvalue weighted by Gasteiger charge is 2.10. The van der Waals surface area contributed by atoms with Gasteiger partial charge >= 0.3 is 0 Å². The Morgan fingerprint density at radius 3 is 2.74 bits per heavy atom. The molecule has 2 rings (SSSR count). The molecule has 0 saturated carbocycles. The van der Waals surface area contributed by atoms with E-state index < -0.39 is 0 Å². The zero-order chi connectivity index (χ0) is 13.8. The van der Waals surface area contributed by atoms with E-state index in [4.69, 9.17) is 10.2 Å². The maximum absolute atomic E-state index is 9.23. The quantitative estimate of drug-likeness (QED) is 0.911. The van der Waals surface area contributed by atoms with Crippen LogP contribution in [0, 0.1) is 18.3 Å². The second-order valence-electron chi connectivity index (χ2n) is 4.53. The molecule has 2 N–H and O–H groups in total. The Bertz CT molecular complexity index is 610. The average molecular weight is 255 g/mol. The Kier molecular flexibility index (Phi) is 3.88. The zero-order valence-electron chi connectivity index (χ0n) is 11.2. The summed E-state index contributed by atoms with van der Waals surface area (Å²) in [5.41, 5.74) is 9.23. The summed E-state index contributed by atoms with van der Waals surface area (Å²) in [6, 6.07) is 9.91. The van der Waals surface area contributed by atoms with Crippen LogP contribution in [-0.2, 0) is 13.1 Å². The van der Waals surface area contributed by atoms with Crippen molar-refractivity contribution in [1.29, 1.82) is 5.26 Å². The summed E-state index contributed by atoms with van der Waals surface area (Å²) in [5, 5.41) is 9.23. The van der Waals surface area contributed by atoms with Crippen LogP contribution in [0.5, 0.6) is 0 Å². The summed E-state index contributed by atoms with van der Waals surface area (Å²) in [6.07, 6.45) is 1.68. The fraction of sp³-hybridized carbons (Fsp3) is 0.267. The molecule has 1 heterocycles. The van der Waals surface area contributed by atoms with Crippen molar-refractivity contribution in [1.82, 2.24) is 0 Å². The van der Waals surface area contributed by atoms with Crippen LogP contribution in [0.1, 0.15) is 22.5 Å². The molecule has 0 radical (unpaired) electrons. The molecular weight excluding hydrogens is 238 g/mol. The van der Waals surface area contributed by atoms with Crippen LogP contribution in [0.4, 0.5) is 5.69 Å². The lowest BCUT2D eigenvalue weighted by atomic mass is 10.1. The molecule has 0 aliphatic carbocycles. The first-order valence-electron chi connectivity index (χ1n) is 6.13. The molecule has 0 unspecified atom stereocenters. The number of aryl methyl sites for hydroxylation is 1. The molecule has 2 aromatic rings. The molecule has 1 aromatic carbocycles. The Morgan fingerprint density at radius 1 is 1.37 bits per heavy atom. The fourth-order valence-electron chi connectivity index (χ4n) is 2.05. The number of nitrogens with zero attached hydrogens (tertiary/aromatic N) is 2. The molecule has 0 aliphatic rings. The maximum Gasteiger partial charge on any atom is 0.105 e. The van der Waals surface area contributed by atoms with Gasteiger partial charge in [0.1, 0.15) is 11.8 Å². The van der Waals surface area contributed by atoms with Crippen LogP contribution in [0.25, 0.3) is 0 Å². The Balaban J connectivity index is 2.26. The zero-order valence-corrected chi connectivity index (χ0v) is 11.2. The van der Waals surface area contributed by atoms with Crippen molar-refractivity contribution in [2.24, 2.45) is 5.73 Å². The van der Waals surface area contributed by atoms with E-state index in [1.54, 1.807) is 6.26 Å². The molecule has 4 heteroatoms. The van der Waals surface area contributed by atoms with Crippen molar-refractivity contribution in [3.05, 3.63) is 53.0 Å². The minimum atomic E-state index is 0.444. The summed E-state index contributed by atoms with van der Waals surface area (Å²) in [6.45, 7) is 3.09. The van der Waals surface area contributed by atoms with Gasteiger partial charge in [-0.15, -0.1) is 0 Å². The summed E-state index contributed by atoms with van der Waals surface area (Å²) < 4.78 is 5.29. The number of nitriles is 1. The van der Waals surface area contributed by atoms with Gasteiger partial charge in [-0.05, 0) is 30.7 Å². The topological polar surface area (TPSA) is 66.2 Å². The highest BCUT2D eigenvalue weighted by molar-refractivity contribution is 5.60. The van der Waals surface area contributed by atoms with Gasteiger partial charge in [0.15, 0.2) is 0 Å². The van der Waals surface area contributed by atoms with Gasteiger partial charge in [0.05, 0.1) is 17.5 Å². The first-order valence-corrected chi connectivity index (χ1v) is 6.13. The van der Waals surface area contributed by atoms with Crippen LogP contribution in [0.3, 0.4) is 0 Å². The Morgan fingerprint density at radius 2 is 2.16 bits per heavy atom. The molecule has 1 aromatic heterocycles. The Hall–Kier alpha value is -2.25. The number of nitrogens with two attached hydrogens (primary N) is 1. The van der Waals surface area contributed by atoms with Crippen molar-refractivity contribution >= 4 is 5.69 Å². The van der Waals surface area contributed by atoms with E-state index >= 15 is 0 Å². The van der Waals surface area contributed by atoms with Gasteiger partial charge in [-0.1, -0.05) is 6.07 Å². The number of rotatable bonds is 4. The molecule has 19 heavy (non-hydrogen) atoms. The molecule has 4 nitrogen and oxygen atoms in total. The van der Waals surface area contributed by atoms with Crippen molar-refractivity contribution in [2.75, 3.05) is 11.9 Å². The minimum absolute atomic E-state index is 0.444. The number of hydrogen-bond acceptors (Lipinski definition) is 4. The van der Waals surface area contributed by atoms with Gasteiger partial charge in [-0.25, -0.2) is 0 Å². The van der Waals surface area contributed by atoms with Crippen molar-refractivity contribution in [2.45, 2.75) is 20.0 Å². The maximum atomic E-state index is 9.23. The summed E-state index contributed by atoms with van der Waals surface area (Å²) in [7, 11) is 1.96. The lowest BCUT2D eigenvalue weighted by Crippen LogP contribution is -2.18. The molecule has 0 spiro atoms. The molecule has 0 aliphatic heterocycles. The normalized spacial score (nSPS) is 10.2. The molecule has 0 amide bonds. The van der Waals surface area contributed by atoms with E-state index in [2.05, 4.69) is 6.07 Å². The van der Waals surface area contributed by atoms with E-state index in [1.807, 2.05) is 43.1 Å². The monoisotopic (exact) mass is 255 g/mol. The molecule has 98 valence electrons.